The fourth-order valence-corrected chi connectivity index (χ4v) is 3.22. The molecule has 1 aromatic heterocycles. The first kappa shape index (κ1) is 16.3. The summed E-state index contributed by atoms with van der Waals surface area (Å²) in [5.74, 6) is 0.172. The number of carbonyl (C=O) groups excluding carboxylic acids is 1. The van der Waals surface area contributed by atoms with Crippen LogP contribution >= 0.6 is 11.3 Å². The third-order valence-electron chi connectivity index (χ3n) is 3.86. The molecule has 114 valence electrons. The van der Waals surface area contributed by atoms with Crippen LogP contribution < -0.4 is 0 Å². The molecule has 0 spiro atoms. The second kappa shape index (κ2) is 7.77. The van der Waals surface area contributed by atoms with E-state index < -0.39 is 0 Å². The summed E-state index contributed by atoms with van der Waals surface area (Å²) in [7, 11) is 0. The van der Waals surface area contributed by atoms with Crippen LogP contribution in [0.15, 0.2) is 41.1 Å². The number of hydrogen-bond acceptors (Lipinski definition) is 3. The molecule has 2 rings (SSSR count). The molecule has 0 fully saturated rings. The van der Waals surface area contributed by atoms with Crippen LogP contribution in [-0.4, -0.2) is 17.4 Å². The average molecular weight is 312 g/mol. The van der Waals surface area contributed by atoms with Crippen LogP contribution in [0.25, 0.3) is 0 Å². The van der Waals surface area contributed by atoms with Crippen LogP contribution in [0.5, 0.6) is 0 Å². The van der Waals surface area contributed by atoms with Crippen LogP contribution in [0, 0.1) is 11.3 Å². The minimum absolute atomic E-state index is 0.0210. The maximum Gasteiger partial charge on any atom is 0.223 e. The molecule has 3 nitrogen and oxygen atoms in total. The van der Waals surface area contributed by atoms with E-state index in [1.807, 2.05) is 36.3 Å². The highest BCUT2D eigenvalue weighted by Gasteiger charge is 2.19. The van der Waals surface area contributed by atoms with Gasteiger partial charge in [-0.15, -0.1) is 0 Å². The average Bonchev–Trinajstić information content (AvgIpc) is 3.07. The molecule has 0 saturated carbocycles. The summed E-state index contributed by atoms with van der Waals surface area (Å²) in [5.41, 5.74) is 2.92. The molecule has 0 saturated heterocycles. The van der Waals surface area contributed by atoms with Crippen molar-refractivity contribution >= 4 is 17.2 Å². The topological polar surface area (TPSA) is 44.1 Å². The van der Waals surface area contributed by atoms with Gasteiger partial charge < -0.3 is 4.90 Å². The fraction of sp³-hybridized carbons (Fsp3) is 0.333. The zero-order valence-corrected chi connectivity index (χ0v) is 13.8. The normalized spacial score (nSPS) is 11.7. The number of nitriles is 1. The summed E-state index contributed by atoms with van der Waals surface area (Å²) in [5, 5.41) is 13.0. The Labute approximate surface area is 135 Å². The number of hydrogen-bond donors (Lipinski definition) is 0. The molecule has 0 N–H and O–H groups in total. The number of amides is 1. The van der Waals surface area contributed by atoms with Crippen LogP contribution in [-0.2, 0) is 11.2 Å². The number of benzene rings is 1. The van der Waals surface area contributed by atoms with E-state index >= 15 is 0 Å². The lowest BCUT2D eigenvalue weighted by molar-refractivity contribution is -0.133. The van der Waals surface area contributed by atoms with Gasteiger partial charge in [0.2, 0.25) is 5.91 Å². The van der Waals surface area contributed by atoms with Crippen molar-refractivity contribution in [1.82, 2.24) is 4.90 Å². The van der Waals surface area contributed by atoms with Gasteiger partial charge in [0, 0.05) is 13.0 Å². The van der Waals surface area contributed by atoms with Crippen LogP contribution in [0.2, 0.25) is 0 Å². The van der Waals surface area contributed by atoms with Crippen molar-refractivity contribution in [3.63, 3.8) is 0 Å². The van der Waals surface area contributed by atoms with Crippen molar-refractivity contribution in [3.05, 3.63) is 57.8 Å². The van der Waals surface area contributed by atoms with Crippen molar-refractivity contribution < 1.29 is 4.79 Å². The van der Waals surface area contributed by atoms with Crippen LogP contribution in [0.3, 0.4) is 0 Å². The minimum Gasteiger partial charge on any atom is -0.336 e. The zero-order chi connectivity index (χ0) is 15.9. The van der Waals surface area contributed by atoms with E-state index in [0.29, 0.717) is 18.5 Å². The molecule has 1 aromatic carbocycles. The summed E-state index contributed by atoms with van der Waals surface area (Å²) in [6.07, 6.45) is 1.32. The van der Waals surface area contributed by atoms with Crippen molar-refractivity contribution in [2.24, 2.45) is 0 Å². The van der Waals surface area contributed by atoms with Gasteiger partial charge in [0.1, 0.15) is 0 Å². The monoisotopic (exact) mass is 312 g/mol. The number of aryl methyl sites for hydroxylation is 1. The minimum atomic E-state index is 0.0210. The molecule has 0 aliphatic heterocycles. The molecule has 1 unspecified atom stereocenters. The lowest BCUT2D eigenvalue weighted by Gasteiger charge is -2.28. The quantitative estimate of drug-likeness (QED) is 0.804. The fourth-order valence-electron chi connectivity index (χ4n) is 2.51. The Morgan fingerprint density at radius 1 is 1.32 bits per heavy atom. The number of thiophene rings is 1. The van der Waals surface area contributed by atoms with Gasteiger partial charge in [-0.3, -0.25) is 4.79 Å². The number of carbonyl (C=O) groups is 1. The summed E-state index contributed by atoms with van der Waals surface area (Å²) in [6.45, 7) is 4.72. The highest BCUT2D eigenvalue weighted by molar-refractivity contribution is 7.07. The van der Waals surface area contributed by atoms with Crippen LogP contribution in [0.1, 0.15) is 43.0 Å². The summed E-state index contributed by atoms with van der Waals surface area (Å²) >= 11 is 1.66. The molecular weight excluding hydrogens is 292 g/mol. The van der Waals surface area contributed by atoms with E-state index in [-0.39, 0.29) is 11.9 Å². The maximum atomic E-state index is 12.5. The van der Waals surface area contributed by atoms with Crippen molar-refractivity contribution in [1.29, 1.82) is 5.26 Å². The maximum absolute atomic E-state index is 12.5. The van der Waals surface area contributed by atoms with Gasteiger partial charge in [-0.25, -0.2) is 0 Å². The molecule has 1 amide bonds. The molecule has 0 aliphatic rings. The SMILES string of the molecule is CCN(C(=O)CCc1ccsc1)C(C)c1ccc(C#N)cc1. The first-order valence-corrected chi connectivity index (χ1v) is 8.40. The van der Waals surface area contributed by atoms with Gasteiger partial charge in [0.15, 0.2) is 0 Å². The Balaban J connectivity index is 2.02. The molecule has 0 bridgehead atoms. The van der Waals surface area contributed by atoms with E-state index in [0.717, 1.165) is 12.0 Å². The third-order valence-corrected chi connectivity index (χ3v) is 4.59. The Bertz CT molecular complexity index is 641. The lowest BCUT2D eigenvalue weighted by atomic mass is 10.0. The smallest absolute Gasteiger partial charge is 0.223 e. The Hall–Kier alpha value is -2.12. The first-order valence-electron chi connectivity index (χ1n) is 7.46. The number of rotatable bonds is 6. The van der Waals surface area contributed by atoms with Crippen molar-refractivity contribution in [2.75, 3.05) is 6.54 Å². The standard InChI is InChI=1S/C18H20N2OS/c1-3-20(18(21)9-6-16-10-11-22-13-16)14(2)17-7-4-15(12-19)5-8-17/h4-5,7-8,10-11,13-14H,3,6,9H2,1-2H3. The highest BCUT2D eigenvalue weighted by Crippen LogP contribution is 2.22. The van der Waals surface area contributed by atoms with E-state index in [9.17, 15) is 4.79 Å². The molecule has 1 atom stereocenters. The lowest BCUT2D eigenvalue weighted by Crippen LogP contribution is -2.33. The van der Waals surface area contributed by atoms with Gasteiger partial charge in [0.25, 0.3) is 0 Å². The Morgan fingerprint density at radius 2 is 2.05 bits per heavy atom. The zero-order valence-electron chi connectivity index (χ0n) is 13.0. The van der Waals surface area contributed by atoms with E-state index in [2.05, 4.69) is 17.5 Å². The van der Waals surface area contributed by atoms with Crippen molar-refractivity contribution in [3.8, 4) is 6.07 Å². The van der Waals surface area contributed by atoms with Gasteiger partial charge >= 0.3 is 0 Å². The molecule has 0 radical (unpaired) electrons. The van der Waals surface area contributed by atoms with Crippen LogP contribution in [0.4, 0.5) is 0 Å². The molecular formula is C18H20N2OS. The van der Waals surface area contributed by atoms with Crippen molar-refractivity contribution in [2.45, 2.75) is 32.7 Å². The molecule has 0 aliphatic carbocycles. The molecule has 2 aromatic rings. The second-order valence-corrected chi connectivity index (χ2v) is 6.00. The summed E-state index contributed by atoms with van der Waals surface area (Å²) in [6, 6.07) is 11.7. The third kappa shape index (κ3) is 3.96. The van der Waals surface area contributed by atoms with E-state index in [1.54, 1.807) is 23.5 Å². The number of nitrogens with zero attached hydrogens (tertiary/aromatic N) is 2. The van der Waals surface area contributed by atoms with Gasteiger partial charge in [0.05, 0.1) is 17.7 Å². The molecule has 4 heteroatoms. The van der Waals surface area contributed by atoms with Gasteiger partial charge in [-0.2, -0.15) is 16.6 Å². The van der Waals surface area contributed by atoms with E-state index in [1.165, 1.54) is 5.56 Å². The second-order valence-electron chi connectivity index (χ2n) is 5.22. The Kier molecular flexibility index (Phi) is 5.74. The predicted octanol–water partition coefficient (Wildman–Crippen LogP) is 4.16. The largest absolute Gasteiger partial charge is 0.336 e. The van der Waals surface area contributed by atoms with Gasteiger partial charge in [-0.05, 0) is 60.4 Å². The predicted molar refractivity (Wildman–Crippen MR) is 89.6 cm³/mol. The molecule has 22 heavy (non-hydrogen) atoms. The summed E-state index contributed by atoms with van der Waals surface area (Å²) < 4.78 is 0. The summed E-state index contributed by atoms with van der Waals surface area (Å²) in [4.78, 5) is 14.4. The Morgan fingerprint density at radius 3 is 2.59 bits per heavy atom. The van der Waals surface area contributed by atoms with E-state index in [4.69, 9.17) is 5.26 Å². The van der Waals surface area contributed by atoms with Gasteiger partial charge in [-0.1, -0.05) is 12.1 Å². The highest BCUT2D eigenvalue weighted by atomic mass is 32.1. The first-order chi connectivity index (χ1) is 10.7. The molecule has 1 heterocycles.